The number of alkyl halides is 3. The molecule has 0 spiro atoms. The number of nitrogens with zero attached hydrogens (tertiary/aromatic N) is 2. The molecule has 0 aromatic carbocycles. The molecule has 0 radical (unpaired) electrons. The van der Waals surface area contributed by atoms with Gasteiger partial charge in [0.2, 0.25) is 5.91 Å². The normalized spacial score (nSPS) is 11.8. The van der Waals surface area contributed by atoms with E-state index in [4.69, 9.17) is 0 Å². The molecule has 0 aliphatic rings. The minimum atomic E-state index is -4.31. The standard InChI is InChI=1S/C10H10F3N3O/c1-7(17)16-9-3-2-8(5-15-9)4-14-6-10(11,12)13/h2-5H,6H2,1H3,(H,15,16,17). The third-order valence-corrected chi connectivity index (χ3v) is 1.60. The van der Waals surface area contributed by atoms with Crippen LogP contribution in [0, 0.1) is 0 Å². The molecule has 7 heteroatoms. The minimum Gasteiger partial charge on any atom is -0.311 e. The van der Waals surface area contributed by atoms with E-state index in [0.717, 1.165) is 6.21 Å². The Hall–Kier alpha value is -1.92. The predicted molar refractivity (Wildman–Crippen MR) is 57.1 cm³/mol. The number of nitrogens with one attached hydrogen (secondary N) is 1. The summed E-state index contributed by atoms with van der Waals surface area (Å²) in [5, 5.41) is 2.44. The van der Waals surface area contributed by atoms with Crippen molar-refractivity contribution in [2.45, 2.75) is 13.1 Å². The average Bonchev–Trinajstić information content (AvgIpc) is 2.18. The molecule has 0 aliphatic heterocycles. The van der Waals surface area contributed by atoms with Crippen molar-refractivity contribution in [2.24, 2.45) is 4.99 Å². The van der Waals surface area contributed by atoms with Gasteiger partial charge in [0.05, 0.1) is 0 Å². The van der Waals surface area contributed by atoms with Crippen molar-refractivity contribution < 1.29 is 18.0 Å². The Labute approximate surface area is 95.6 Å². The van der Waals surface area contributed by atoms with Crippen LogP contribution in [0.5, 0.6) is 0 Å². The molecular weight excluding hydrogens is 235 g/mol. The third kappa shape index (κ3) is 5.64. The number of rotatable bonds is 3. The van der Waals surface area contributed by atoms with Crippen LogP contribution < -0.4 is 5.32 Å². The average molecular weight is 245 g/mol. The fourth-order valence-electron chi connectivity index (χ4n) is 0.991. The van der Waals surface area contributed by atoms with Gasteiger partial charge in [-0.1, -0.05) is 0 Å². The van der Waals surface area contributed by atoms with Crippen LogP contribution in [0.4, 0.5) is 19.0 Å². The van der Waals surface area contributed by atoms with Gasteiger partial charge < -0.3 is 5.32 Å². The lowest BCUT2D eigenvalue weighted by molar-refractivity contribution is -0.118. The van der Waals surface area contributed by atoms with Crippen molar-refractivity contribution in [3.05, 3.63) is 23.9 Å². The first-order chi connectivity index (χ1) is 7.87. The number of carbonyl (C=O) groups excluding carboxylic acids is 1. The molecule has 0 atom stereocenters. The molecule has 4 nitrogen and oxygen atoms in total. The summed E-state index contributed by atoms with van der Waals surface area (Å²) in [6.45, 7) is 0.112. The second-order valence-corrected chi connectivity index (χ2v) is 3.24. The van der Waals surface area contributed by atoms with E-state index in [2.05, 4.69) is 15.3 Å². The van der Waals surface area contributed by atoms with Crippen LogP contribution in [0.25, 0.3) is 0 Å². The molecule has 17 heavy (non-hydrogen) atoms. The lowest BCUT2D eigenvalue weighted by Crippen LogP contribution is -2.12. The molecule has 0 saturated heterocycles. The molecule has 0 saturated carbocycles. The highest BCUT2D eigenvalue weighted by Gasteiger charge is 2.25. The number of hydrogen-bond acceptors (Lipinski definition) is 3. The van der Waals surface area contributed by atoms with Crippen LogP contribution in [0.3, 0.4) is 0 Å². The van der Waals surface area contributed by atoms with E-state index in [1.807, 2.05) is 0 Å². The summed E-state index contributed by atoms with van der Waals surface area (Å²) in [5.74, 6) is 0.0708. The second-order valence-electron chi connectivity index (χ2n) is 3.24. The van der Waals surface area contributed by atoms with Crippen LogP contribution >= 0.6 is 0 Å². The largest absolute Gasteiger partial charge is 0.407 e. The summed E-state index contributed by atoms with van der Waals surface area (Å²) < 4.78 is 35.4. The molecule has 1 amide bonds. The third-order valence-electron chi connectivity index (χ3n) is 1.60. The van der Waals surface area contributed by atoms with E-state index in [-0.39, 0.29) is 5.91 Å². The summed E-state index contributed by atoms with van der Waals surface area (Å²) in [6, 6.07) is 2.99. The first-order valence-corrected chi connectivity index (χ1v) is 4.67. The monoisotopic (exact) mass is 245 g/mol. The summed E-state index contributed by atoms with van der Waals surface area (Å²) >= 11 is 0. The quantitative estimate of drug-likeness (QED) is 0.828. The second kappa shape index (κ2) is 5.42. The summed E-state index contributed by atoms with van der Waals surface area (Å²) in [4.78, 5) is 17.7. The Kier molecular flexibility index (Phi) is 4.19. The van der Waals surface area contributed by atoms with Crippen molar-refractivity contribution in [1.82, 2.24) is 4.98 Å². The van der Waals surface area contributed by atoms with Gasteiger partial charge >= 0.3 is 6.18 Å². The maximum absolute atomic E-state index is 11.8. The van der Waals surface area contributed by atoms with E-state index in [1.54, 1.807) is 0 Å². The fraction of sp³-hybridized carbons (Fsp3) is 0.300. The van der Waals surface area contributed by atoms with E-state index >= 15 is 0 Å². The first-order valence-electron chi connectivity index (χ1n) is 4.67. The number of aliphatic imine (C=N–C) groups is 1. The Morgan fingerprint density at radius 1 is 1.53 bits per heavy atom. The molecule has 1 aromatic heterocycles. The highest BCUT2D eigenvalue weighted by molar-refractivity contribution is 5.88. The van der Waals surface area contributed by atoms with E-state index in [0.29, 0.717) is 11.4 Å². The molecule has 1 heterocycles. The van der Waals surface area contributed by atoms with E-state index < -0.39 is 12.7 Å². The zero-order valence-corrected chi connectivity index (χ0v) is 8.95. The summed E-state index contributed by atoms with van der Waals surface area (Å²) in [7, 11) is 0. The van der Waals surface area contributed by atoms with E-state index in [1.165, 1.54) is 25.3 Å². The lowest BCUT2D eigenvalue weighted by Gasteiger charge is -2.01. The number of carbonyl (C=O) groups is 1. The number of amides is 1. The van der Waals surface area contributed by atoms with Crippen molar-refractivity contribution in [3.63, 3.8) is 0 Å². The number of pyridine rings is 1. The highest BCUT2D eigenvalue weighted by atomic mass is 19.4. The maximum atomic E-state index is 11.8. The van der Waals surface area contributed by atoms with Crippen molar-refractivity contribution >= 4 is 17.9 Å². The molecule has 92 valence electrons. The summed E-state index contributed by atoms with van der Waals surface area (Å²) in [6.07, 6.45) is -1.90. The van der Waals surface area contributed by atoms with Gasteiger partial charge in [0, 0.05) is 24.9 Å². The topological polar surface area (TPSA) is 54.4 Å². The molecule has 0 fully saturated rings. The zero-order chi connectivity index (χ0) is 12.9. The van der Waals surface area contributed by atoms with Gasteiger partial charge in [-0.25, -0.2) is 4.98 Å². The molecule has 1 rings (SSSR count). The minimum absolute atomic E-state index is 0.268. The first kappa shape index (κ1) is 13.1. The number of aromatic nitrogens is 1. The number of anilines is 1. The Bertz CT molecular complexity index is 412. The Balaban J connectivity index is 2.59. The smallest absolute Gasteiger partial charge is 0.311 e. The van der Waals surface area contributed by atoms with Gasteiger partial charge in [-0.15, -0.1) is 0 Å². The van der Waals surface area contributed by atoms with Crippen LogP contribution in [-0.4, -0.2) is 29.8 Å². The van der Waals surface area contributed by atoms with E-state index in [9.17, 15) is 18.0 Å². The highest BCUT2D eigenvalue weighted by Crippen LogP contribution is 2.14. The predicted octanol–water partition coefficient (Wildman–Crippen LogP) is 2.02. The molecule has 1 N–H and O–H groups in total. The number of halogens is 3. The molecule has 0 aliphatic carbocycles. The van der Waals surface area contributed by atoms with Gasteiger partial charge in [-0.05, 0) is 12.1 Å². The lowest BCUT2D eigenvalue weighted by atomic mass is 10.3. The van der Waals surface area contributed by atoms with Gasteiger partial charge in [-0.3, -0.25) is 9.79 Å². The van der Waals surface area contributed by atoms with Crippen LogP contribution in [0.1, 0.15) is 12.5 Å². The van der Waals surface area contributed by atoms with Crippen LogP contribution in [0.2, 0.25) is 0 Å². The molecule has 0 unspecified atom stereocenters. The van der Waals surface area contributed by atoms with Gasteiger partial charge in [0.15, 0.2) is 0 Å². The Morgan fingerprint density at radius 2 is 2.24 bits per heavy atom. The van der Waals surface area contributed by atoms with Gasteiger partial charge in [0.25, 0.3) is 0 Å². The summed E-state index contributed by atoms with van der Waals surface area (Å²) in [5.41, 5.74) is 0.434. The number of hydrogen-bond donors (Lipinski definition) is 1. The van der Waals surface area contributed by atoms with Crippen molar-refractivity contribution in [3.8, 4) is 0 Å². The van der Waals surface area contributed by atoms with Crippen molar-refractivity contribution in [1.29, 1.82) is 0 Å². The van der Waals surface area contributed by atoms with Gasteiger partial charge in [0.1, 0.15) is 12.4 Å². The van der Waals surface area contributed by atoms with Crippen molar-refractivity contribution in [2.75, 3.05) is 11.9 Å². The fourth-order valence-corrected chi connectivity index (χ4v) is 0.991. The Morgan fingerprint density at radius 3 is 2.71 bits per heavy atom. The van der Waals surface area contributed by atoms with Crippen LogP contribution in [0.15, 0.2) is 23.3 Å². The molecular formula is C10H10F3N3O. The zero-order valence-electron chi connectivity index (χ0n) is 8.95. The SMILES string of the molecule is CC(=O)Nc1ccc(C=NCC(F)(F)F)cn1. The van der Waals surface area contributed by atoms with Crippen LogP contribution in [-0.2, 0) is 4.79 Å². The molecule has 0 bridgehead atoms. The molecule has 1 aromatic rings. The maximum Gasteiger partial charge on any atom is 0.407 e. The van der Waals surface area contributed by atoms with Gasteiger partial charge in [-0.2, -0.15) is 13.2 Å².